The van der Waals surface area contributed by atoms with Crippen LogP contribution < -0.4 is 10.6 Å². The lowest BCUT2D eigenvalue weighted by Crippen LogP contribution is -2.36. The molecule has 8 nitrogen and oxygen atoms in total. The number of nitrogen functional groups attached to an aromatic ring is 1. The molecule has 0 amide bonds. The minimum Gasteiger partial charge on any atom is -0.393 e. The summed E-state index contributed by atoms with van der Waals surface area (Å²) in [6.45, 7) is 1.52. The van der Waals surface area contributed by atoms with Crippen LogP contribution in [-0.2, 0) is 10.0 Å². The van der Waals surface area contributed by atoms with E-state index in [1.165, 1.54) is 32.1 Å². The topological polar surface area (TPSA) is 119 Å². The first-order valence-corrected chi connectivity index (χ1v) is 6.37. The van der Waals surface area contributed by atoms with Crippen molar-refractivity contribution in [2.75, 3.05) is 19.8 Å². The molecular formula is C9H14N4O4S. The number of aryl methyl sites for hydroxylation is 1. The average molecular weight is 274 g/mol. The maximum absolute atomic E-state index is 11.9. The lowest BCUT2D eigenvalue weighted by molar-refractivity contribution is -0.384. The zero-order valence-corrected chi connectivity index (χ0v) is 11.0. The standard InChI is InChI=1S/C9H14N4O4S/c1-6-4-7(10)8(13(14)15)5-9(6)18(16,17)11-12(2)3/h4-5,11H,10H2,1-3H3. The molecule has 100 valence electrons. The van der Waals surface area contributed by atoms with E-state index in [1.807, 2.05) is 0 Å². The molecule has 1 aromatic rings. The van der Waals surface area contributed by atoms with Crippen molar-refractivity contribution >= 4 is 21.4 Å². The lowest BCUT2D eigenvalue weighted by Gasteiger charge is -2.14. The van der Waals surface area contributed by atoms with Crippen molar-refractivity contribution in [3.8, 4) is 0 Å². The van der Waals surface area contributed by atoms with Crippen LogP contribution in [0.2, 0.25) is 0 Å². The highest BCUT2D eigenvalue weighted by Crippen LogP contribution is 2.28. The number of rotatable bonds is 4. The van der Waals surface area contributed by atoms with Gasteiger partial charge in [-0.25, -0.2) is 13.4 Å². The Labute approximate surface area is 105 Å². The van der Waals surface area contributed by atoms with Crippen LogP contribution in [0.3, 0.4) is 0 Å². The second-order valence-corrected chi connectivity index (χ2v) is 5.55. The molecule has 0 radical (unpaired) electrons. The van der Waals surface area contributed by atoms with Gasteiger partial charge in [-0.2, -0.15) is 0 Å². The van der Waals surface area contributed by atoms with E-state index in [4.69, 9.17) is 5.73 Å². The Morgan fingerprint density at radius 3 is 2.39 bits per heavy atom. The number of nitro benzene ring substituents is 1. The van der Waals surface area contributed by atoms with Gasteiger partial charge in [-0.1, -0.05) is 0 Å². The predicted molar refractivity (Wildman–Crippen MR) is 66.3 cm³/mol. The lowest BCUT2D eigenvalue weighted by atomic mass is 10.2. The minimum atomic E-state index is -3.85. The van der Waals surface area contributed by atoms with E-state index in [1.54, 1.807) is 0 Å². The van der Waals surface area contributed by atoms with Gasteiger partial charge in [0, 0.05) is 20.2 Å². The molecule has 0 saturated carbocycles. The summed E-state index contributed by atoms with van der Waals surface area (Å²) in [5, 5.41) is 12.0. The molecule has 0 aliphatic heterocycles. The van der Waals surface area contributed by atoms with Crippen LogP contribution in [0.15, 0.2) is 17.0 Å². The second-order valence-electron chi connectivity index (χ2n) is 3.92. The summed E-state index contributed by atoms with van der Waals surface area (Å²) in [4.78, 5) is 12.1. The Kier molecular flexibility index (Phi) is 3.89. The summed E-state index contributed by atoms with van der Waals surface area (Å²) in [5.74, 6) is 0. The highest BCUT2D eigenvalue weighted by molar-refractivity contribution is 7.89. The first-order chi connectivity index (χ1) is 8.15. The van der Waals surface area contributed by atoms with Crippen molar-refractivity contribution in [2.24, 2.45) is 0 Å². The van der Waals surface area contributed by atoms with Gasteiger partial charge in [-0.15, -0.1) is 4.83 Å². The van der Waals surface area contributed by atoms with E-state index < -0.39 is 20.6 Å². The fourth-order valence-electron chi connectivity index (χ4n) is 1.44. The van der Waals surface area contributed by atoms with Gasteiger partial charge in [0.05, 0.1) is 9.82 Å². The van der Waals surface area contributed by atoms with Gasteiger partial charge in [0.25, 0.3) is 15.7 Å². The van der Waals surface area contributed by atoms with Gasteiger partial charge in [-0.05, 0) is 18.6 Å². The van der Waals surface area contributed by atoms with Crippen LogP contribution in [0, 0.1) is 17.0 Å². The first-order valence-electron chi connectivity index (χ1n) is 4.89. The van der Waals surface area contributed by atoms with Crippen molar-refractivity contribution in [1.82, 2.24) is 9.84 Å². The number of hydrogen-bond acceptors (Lipinski definition) is 6. The molecular weight excluding hydrogens is 260 g/mol. The highest BCUT2D eigenvalue weighted by atomic mass is 32.2. The van der Waals surface area contributed by atoms with Gasteiger partial charge >= 0.3 is 0 Å². The van der Waals surface area contributed by atoms with Crippen LogP contribution in [0.5, 0.6) is 0 Å². The zero-order valence-electron chi connectivity index (χ0n) is 10.2. The Morgan fingerprint density at radius 2 is 1.94 bits per heavy atom. The molecule has 9 heteroatoms. The molecule has 0 saturated heterocycles. The van der Waals surface area contributed by atoms with Crippen LogP contribution in [0.25, 0.3) is 0 Å². The molecule has 0 bridgehead atoms. The number of benzene rings is 1. The fraction of sp³-hybridized carbons (Fsp3) is 0.333. The molecule has 3 N–H and O–H groups in total. The average Bonchev–Trinajstić information content (AvgIpc) is 2.13. The van der Waals surface area contributed by atoms with Crippen LogP contribution in [0.4, 0.5) is 11.4 Å². The second kappa shape index (κ2) is 4.88. The molecule has 18 heavy (non-hydrogen) atoms. The number of nitrogens with two attached hydrogens (primary N) is 1. The van der Waals surface area contributed by atoms with Crippen LogP contribution in [-0.4, -0.2) is 32.4 Å². The number of hydrazine groups is 1. The van der Waals surface area contributed by atoms with Gasteiger partial charge < -0.3 is 5.73 Å². The maximum Gasteiger partial charge on any atom is 0.293 e. The third kappa shape index (κ3) is 2.94. The van der Waals surface area contributed by atoms with E-state index in [0.717, 1.165) is 6.07 Å². The van der Waals surface area contributed by atoms with Crippen molar-refractivity contribution in [3.05, 3.63) is 27.8 Å². The third-order valence-electron chi connectivity index (χ3n) is 2.11. The van der Waals surface area contributed by atoms with Crippen LogP contribution in [0.1, 0.15) is 5.56 Å². The molecule has 0 aliphatic rings. The SMILES string of the molecule is Cc1cc(N)c([N+](=O)[O-])cc1S(=O)(=O)NN(C)C. The van der Waals surface area contributed by atoms with Crippen molar-refractivity contribution in [1.29, 1.82) is 0 Å². The Bertz CT molecular complexity index is 582. The number of sulfonamides is 1. The highest BCUT2D eigenvalue weighted by Gasteiger charge is 2.23. The quantitative estimate of drug-likeness (QED) is 0.461. The maximum atomic E-state index is 11.9. The summed E-state index contributed by atoms with van der Waals surface area (Å²) in [6, 6.07) is 2.22. The minimum absolute atomic E-state index is 0.0682. The van der Waals surface area contributed by atoms with Crippen molar-refractivity contribution in [2.45, 2.75) is 11.8 Å². The molecule has 0 aromatic heterocycles. The number of nitrogens with zero attached hydrogens (tertiary/aromatic N) is 2. The Morgan fingerprint density at radius 1 is 1.39 bits per heavy atom. The molecule has 0 spiro atoms. The predicted octanol–water partition coefficient (Wildman–Crippen LogP) is 0.240. The van der Waals surface area contributed by atoms with E-state index in [2.05, 4.69) is 4.83 Å². The molecule has 0 unspecified atom stereocenters. The molecule has 0 heterocycles. The Hall–Kier alpha value is -1.71. The Balaban J connectivity index is 3.42. The van der Waals surface area contributed by atoms with E-state index in [9.17, 15) is 18.5 Å². The third-order valence-corrected chi connectivity index (χ3v) is 3.74. The number of nitro groups is 1. The summed E-state index contributed by atoms with van der Waals surface area (Å²) in [6.07, 6.45) is 0. The normalized spacial score (nSPS) is 11.8. The van der Waals surface area contributed by atoms with Crippen molar-refractivity contribution in [3.63, 3.8) is 0 Å². The monoisotopic (exact) mass is 274 g/mol. The first kappa shape index (κ1) is 14.4. The van der Waals surface area contributed by atoms with Crippen LogP contribution >= 0.6 is 0 Å². The van der Waals surface area contributed by atoms with Gasteiger partial charge in [0.2, 0.25) is 0 Å². The largest absolute Gasteiger partial charge is 0.393 e. The van der Waals surface area contributed by atoms with Gasteiger partial charge in [0.1, 0.15) is 5.69 Å². The number of anilines is 1. The fourth-order valence-corrected chi connectivity index (χ4v) is 2.77. The molecule has 0 aliphatic carbocycles. The molecule has 1 rings (SSSR count). The smallest absolute Gasteiger partial charge is 0.293 e. The molecule has 1 aromatic carbocycles. The van der Waals surface area contributed by atoms with E-state index in [-0.39, 0.29) is 10.6 Å². The number of nitrogens with one attached hydrogen (secondary N) is 1. The summed E-state index contributed by atoms with van der Waals surface area (Å²) < 4.78 is 23.9. The molecule has 0 atom stereocenters. The van der Waals surface area contributed by atoms with E-state index >= 15 is 0 Å². The zero-order chi connectivity index (χ0) is 14.1. The number of hydrogen-bond donors (Lipinski definition) is 2. The summed E-state index contributed by atoms with van der Waals surface area (Å²) in [7, 11) is -0.850. The summed E-state index contributed by atoms with van der Waals surface area (Å²) in [5.41, 5.74) is 5.31. The van der Waals surface area contributed by atoms with Gasteiger partial charge in [-0.3, -0.25) is 10.1 Å². The molecule has 0 fully saturated rings. The summed E-state index contributed by atoms with van der Waals surface area (Å²) >= 11 is 0. The van der Waals surface area contributed by atoms with E-state index in [0.29, 0.717) is 5.56 Å². The van der Waals surface area contributed by atoms with Gasteiger partial charge in [0.15, 0.2) is 0 Å². The van der Waals surface area contributed by atoms with Crippen molar-refractivity contribution < 1.29 is 13.3 Å².